The molecule has 1 aromatic rings. The van der Waals surface area contributed by atoms with Gasteiger partial charge >= 0.3 is 0 Å². The van der Waals surface area contributed by atoms with Gasteiger partial charge in [-0.3, -0.25) is 10.1 Å². The van der Waals surface area contributed by atoms with Gasteiger partial charge in [-0.15, -0.1) is 0 Å². The molecule has 6 nitrogen and oxygen atoms in total. The Morgan fingerprint density at radius 3 is 2.88 bits per heavy atom. The van der Waals surface area contributed by atoms with Crippen molar-refractivity contribution in [2.24, 2.45) is 11.1 Å². The summed E-state index contributed by atoms with van der Waals surface area (Å²) in [5.74, 6) is 0.785. The van der Waals surface area contributed by atoms with Gasteiger partial charge < -0.3 is 10.6 Å². The first-order valence-electron chi connectivity index (χ1n) is 5.59. The maximum atomic E-state index is 10.5. The predicted octanol–water partition coefficient (Wildman–Crippen LogP) is 1.16. The fourth-order valence-corrected chi connectivity index (χ4v) is 2.06. The van der Waals surface area contributed by atoms with Crippen LogP contribution in [0.15, 0.2) is 18.3 Å². The van der Waals surface area contributed by atoms with Crippen LogP contribution >= 0.6 is 0 Å². The molecule has 1 saturated heterocycles. The molecule has 1 aromatic heterocycles. The van der Waals surface area contributed by atoms with Crippen molar-refractivity contribution in [3.05, 3.63) is 28.4 Å². The Morgan fingerprint density at radius 1 is 1.65 bits per heavy atom. The minimum Gasteiger partial charge on any atom is -0.356 e. The molecule has 1 unspecified atom stereocenters. The van der Waals surface area contributed by atoms with Crippen molar-refractivity contribution in [3.8, 4) is 0 Å². The van der Waals surface area contributed by atoms with Gasteiger partial charge in [0.2, 0.25) is 0 Å². The Bertz CT molecular complexity index is 420. The molecule has 0 saturated carbocycles. The number of hydrogen-bond donors (Lipinski definition) is 1. The van der Waals surface area contributed by atoms with Crippen LogP contribution in [-0.2, 0) is 0 Å². The molecule has 17 heavy (non-hydrogen) atoms. The monoisotopic (exact) mass is 236 g/mol. The summed E-state index contributed by atoms with van der Waals surface area (Å²) in [5, 5.41) is 10.5. The SMILES string of the molecule is CC1(CN)CCN(c2ccc([N+](=O)[O-])cn2)C1. The van der Waals surface area contributed by atoms with E-state index in [1.807, 2.05) is 0 Å². The Balaban J connectivity index is 2.12. The molecule has 92 valence electrons. The maximum Gasteiger partial charge on any atom is 0.287 e. The number of anilines is 1. The summed E-state index contributed by atoms with van der Waals surface area (Å²) >= 11 is 0. The van der Waals surface area contributed by atoms with E-state index in [2.05, 4.69) is 16.8 Å². The topological polar surface area (TPSA) is 85.3 Å². The quantitative estimate of drug-likeness (QED) is 0.628. The molecule has 2 heterocycles. The van der Waals surface area contributed by atoms with Crippen LogP contribution in [0.3, 0.4) is 0 Å². The Hall–Kier alpha value is -1.69. The average molecular weight is 236 g/mol. The smallest absolute Gasteiger partial charge is 0.287 e. The summed E-state index contributed by atoms with van der Waals surface area (Å²) in [6.45, 7) is 4.56. The van der Waals surface area contributed by atoms with Gasteiger partial charge in [0.25, 0.3) is 5.69 Å². The van der Waals surface area contributed by atoms with Crippen molar-refractivity contribution >= 4 is 11.5 Å². The fraction of sp³-hybridized carbons (Fsp3) is 0.545. The zero-order valence-electron chi connectivity index (χ0n) is 9.80. The lowest BCUT2D eigenvalue weighted by molar-refractivity contribution is -0.385. The second-order valence-electron chi connectivity index (χ2n) is 4.82. The molecule has 0 radical (unpaired) electrons. The van der Waals surface area contributed by atoms with E-state index in [0.717, 1.165) is 25.3 Å². The molecular formula is C11H16N4O2. The summed E-state index contributed by atoms with van der Waals surface area (Å²) < 4.78 is 0. The molecule has 1 atom stereocenters. The summed E-state index contributed by atoms with van der Waals surface area (Å²) in [6, 6.07) is 3.18. The first-order chi connectivity index (χ1) is 8.04. The van der Waals surface area contributed by atoms with Crippen LogP contribution in [0.2, 0.25) is 0 Å². The van der Waals surface area contributed by atoms with Gasteiger partial charge in [0, 0.05) is 19.2 Å². The van der Waals surface area contributed by atoms with Crippen LogP contribution in [0.4, 0.5) is 11.5 Å². The third kappa shape index (κ3) is 2.36. The Labute approximate surface area is 99.6 Å². The van der Waals surface area contributed by atoms with Crippen LogP contribution in [0.1, 0.15) is 13.3 Å². The molecule has 0 aliphatic carbocycles. The number of nitrogens with zero attached hydrogens (tertiary/aromatic N) is 3. The average Bonchev–Trinajstić information content (AvgIpc) is 2.73. The minimum absolute atomic E-state index is 0.0227. The van der Waals surface area contributed by atoms with Gasteiger partial charge in [-0.25, -0.2) is 4.98 Å². The van der Waals surface area contributed by atoms with E-state index in [9.17, 15) is 10.1 Å². The number of rotatable bonds is 3. The largest absolute Gasteiger partial charge is 0.356 e. The van der Waals surface area contributed by atoms with Gasteiger partial charge in [-0.2, -0.15) is 0 Å². The van der Waals surface area contributed by atoms with Crippen molar-refractivity contribution in [1.82, 2.24) is 4.98 Å². The maximum absolute atomic E-state index is 10.5. The van der Waals surface area contributed by atoms with E-state index in [0.29, 0.717) is 6.54 Å². The highest BCUT2D eigenvalue weighted by Gasteiger charge is 2.33. The van der Waals surface area contributed by atoms with E-state index >= 15 is 0 Å². The molecule has 1 fully saturated rings. The zero-order chi connectivity index (χ0) is 12.5. The first-order valence-corrected chi connectivity index (χ1v) is 5.59. The van der Waals surface area contributed by atoms with E-state index in [4.69, 9.17) is 5.73 Å². The third-order valence-corrected chi connectivity index (χ3v) is 3.32. The number of pyridine rings is 1. The molecule has 0 aromatic carbocycles. The fourth-order valence-electron chi connectivity index (χ4n) is 2.06. The standard InChI is InChI=1S/C11H16N4O2/c1-11(7-12)4-5-14(8-11)10-3-2-9(6-13-10)15(16)17/h2-3,6H,4-5,7-8,12H2,1H3. The number of aromatic nitrogens is 1. The Kier molecular flexibility index (Phi) is 2.97. The van der Waals surface area contributed by atoms with Gasteiger partial charge in [0.1, 0.15) is 12.0 Å². The second kappa shape index (κ2) is 4.29. The molecule has 0 amide bonds. The van der Waals surface area contributed by atoms with Crippen LogP contribution in [0.5, 0.6) is 0 Å². The number of nitro groups is 1. The minimum atomic E-state index is -0.440. The molecule has 6 heteroatoms. The van der Waals surface area contributed by atoms with Crippen molar-refractivity contribution in [2.45, 2.75) is 13.3 Å². The molecule has 1 aliphatic heterocycles. The molecule has 2 rings (SSSR count). The summed E-state index contributed by atoms with van der Waals surface area (Å²) in [7, 11) is 0. The normalized spacial score (nSPS) is 24.0. The van der Waals surface area contributed by atoms with Gasteiger partial charge in [-0.05, 0) is 24.4 Å². The summed E-state index contributed by atoms with van der Waals surface area (Å²) in [5.41, 5.74) is 5.89. The molecule has 0 spiro atoms. The molecule has 1 aliphatic rings. The zero-order valence-corrected chi connectivity index (χ0v) is 9.80. The van der Waals surface area contributed by atoms with Gasteiger partial charge in [-0.1, -0.05) is 6.92 Å². The van der Waals surface area contributed by atoms with E-state index in [1.165, 1.54) is 12.3 Å². The Morgan fingerprint density at radius 2 is 2.41 bits per heavy atom. The van der Waals surface area contributed by atoms with Crippen LogP contribution in [0, 0.1) is 15.5 Å². The number of nitrogens with two attached hydrogens (primary N) is 1. The second-order valence-corrected chi connectivity index (χ2v) is 4.82. The summed E-state index contributed by atoms with van der Waals surface area (Å²) in [4.78, 5) is 16.3. The lowest BCUT2D eigenvalue weighted by Gasteiger charge is -2.22. The molecular weight excluding hydrogens is 220 g/mol. The van der Waals surface area contributed by atoms with E-state index in [1.54, 1.807) is 6.07 Å². The van der Waals surface area contributed by atoms with Crippen LogP contribution in [0.25, 0.3) is 0 Å². The number of hydrogen-bond acceptors (Lipinski definition) is 5. The predicted molar refractivity (Wildman–Crippen MR) is 64.9 cm³/mol. The highest BCUT2D eigenvalue weighted by Crippen LogP contribution is 2.31. The van der Waals surface area contributed by atoms with E-state index < -0.39 is 4.92 Å². The highest BCUT2D eigenvalue weighted by molar-refractivity contribution is 5.44. The van der Waals surface area contributed by atoms with Crippen molar-refractivity contribution in [3.63, 3.8) is 0 Å². The van der Waals surface area contributed by atoms with Gasteiger partial charge in [0.05, 0.1) is 4.92 Å². The van der Waals surface area contributed by atoms with Crippen molar-refractivity contribution < 1.29 is 4.92 Å². The van der Waals surface area contributed by atoms with Gasteiger partial charge in [0.15, 0.2) is 0 Å². The lowest BCUT2D eigenvalue weighted by atomic mass is 9.90. The first kappa shape index (κ1) is 11.8. The molecule has 2 N–H and O–H groups in total. The van der Waals surface area contributed by atoms with Crippen LogP contribution < -0.4 is 10.6 Å². The van der Waals surface area contributed by atoms with Crippen molar-refractivity contribution in [1.29, 1.82) is 0 Å². The molecule has 0 bridgehead atoms. The van der Waals surface area contributed by atoms with Crippen molar-refractivity contribution in [2.75, 3.05) is 24.5 Å². The van der Waals surface area contributed by atoms with E-state index in [-0.39, 0.29) is 11.1 Å². The highest BCUT2D eigenvalue weighted by atomic mass is 16.6. The van der Waals surface area contributed by atoms with Crippen LogP contribution in [-0.4, -0.2) is 29.5 Å². The third-order valence-electron chi connectivity index (χ3n) is 3.32. The lowest BCUT2D eigenvalue weighted by Crippen LogP contribution is -2.31. The summed E-state index contributed by atoms with van der Waals surface area (Å²) in [6.07, 6.45) is 2.33.